The lowest BCUT2D eigenvalue weighted by Crippen LogP contribution is -2.68. The van der Waals surface area contributed by atoms with Crippen LogP contribution >= 0.6 is 0 Å². The minimum Gasteiger partial charge on any atom is -0.353 e. The average molecular weight is 330 g/mol. The Bertz CT molecular complexity index is 727. The summed E-state index contributed by atoms with van der Waals surface area (Å²) in [5, 5.41) is 0. The Morgan fingerprint density at radius 2 is 1.67 bits per heavy atom. The molecule has 0 radical (unpaired) electrons. The molecular weight excluding hydrogens is 310 g/mol. The molecular formula is C18H20F2N4. The second-order valence-electron chi connectivity index (χ2n) is 6.81. The molecule has 0 N–H and O–H groups in total. The minimum atomic E-state index is -0.510. The van der Waals surface area contributed by atoms with Gasteiger partial charge in [0, 0.05) is 49.5 Å². The zero-order chi connectivity index (χ0) is 16.8. The maximum atomic E-state index is 13.4. The van der Waals surface area contributed by atoms with Crippen LogP contribution in [0.1, 0.15) is 23.5 Å². The summed E-state index contributed by atoms with van der Waals surface area (Å²) in [6.45, 7) is 6.27. The summed E-state index contributed by atoms with van der Waals surface area (Å²) in [5.74, 6) is 0.746. The maximum Gasteiger partial charge on any atom is 0.132 e. The number of piperidine rings is 1. The lowest BCUT2D eigenvalue weighted by Gasteiger charge is -2.56. The van der Waals surface area contributed by atoms with Crippen LogP contribution in [0.25, 0.3) is 0 Å². The van der Waals surface area contributed by atoms with Crippen LogP contribution in [-0.4, -0.2) is 40.0 Å². The van der Waals surface area contributed by atoms with Gasteiger partial charge in [0.15, 0.2) is 0 Å². The molecule has 1 aromatic carbocycles. The first-order chi connectivity index (χ1) is 11.5. The molecule has 3 aliphatic heterocycles. The molecule has 2 bridgehead atoms. The summed E-state index contributed by atoms with van der Waals surface area (Å²) >= 11 is 0. The molecule has 2 unspecified atom stereocenters. The summed E-state index contributed by atoms with van der Waals surface area (Å²) in [6, 6.07) is 6.60. The molecule has 0 aliphatic carbocycles. The van der Waals surface area contributed by atoms with Crippen LogP contribution in [0.4, 0.5) is 14.6 Å². The van der Waals surface area contributed by atoms with Crippen molar-refractivity contribution in [2.24, 2.45) is 0 Å². The molecule has 6 heteroatoms. The molecule has 24 heavy (non-hydrogen) atoms. The van der Waals surface area contributed by atoms with Gasteiger partial charge in [-0.1, -0.05) is 0 Å². The van der Waals surface area contributed by atoms with E-state index in [-0.39, 0.29) is 0 Å². The van der Waals surface area contributed by atoms with Gasteiger partial charge in [-0.05, 0) is 38.0 Å². The highest BCUT2D eigenvalue weighted by molar-refractivity contribution is 5.42. The molecule has 0 amide bonds. The van der Waals surface area contributed by atoms with Crippen molar-refractivity contribution in [3.05, 3.63) is 53.0 Å². The van der Waals surface area contributed by atoms with Crippen molar-refractivity contribution in [3.63, 3.8) is 0 Å². The zero-order valence-electron chi connectivity index (χ0n) is 13.8. The quantitative estimate of drug-likeness (QED) is 0.866. The Morgan fingerprint density at radius 3 is 2.29 bits per heavy atom. The van der Waals surface area contributed by atoms with Crippen molar-refractivity contribution < 1.29 is 8.78 Å². The van der Waals surface area contributed by atoms with E-state index in [4.69, 9.17) is 0 Å². The Kier molecular flexibility index (Phi) is 3.72. The predicted octanol–water partition coefficient (Wildman–Crippen LogP) is 2.83. The van der Waals surface area contributed by atoms with Gasteiger partial charge < -0.3 is 4.90 Å². The largest absolute Gasteiger partial charge is 0.353 e. The third-order valence-corrected chi connectivity index (χ3v) is 4.91. The van der Waals surface area contributed by atoms with Crippen LogP contribution in [0.3, 0.4) is 0 Å². The molecule has 3 saturated heterocycles. The van der Waals surface area contributed by atoms with Gasteiger partial charge in [0.2, 0.25) is 0 Å². The van der Waals surface area contributed by atoms with Gasteiger partial charge in [-0.3, -0.25) is 4.90 Å². The molecule has 4 nitrogen and oxygen atoms in total. The van der Waals surface area contributed by atoms with Crippen LogP contribution in [0.2, 0.25) is 0 Å². The standard InChI is InChI=1S/C18H20F2N4/c1-11-3-18(22-12(2)21-11)23-9-16-7-17(10-23)24(16)8-13-4-14(19)6-15(20)5-13/h3-6,16-17H,7-10H2,1-2H3. The van der Waals surface area contributed by atoms with Crippen molar-refractivity contribution in [1.29, 1.82) is 0 Å². The highest BCUT2D eigenvalue weighted by atomic mass is 19.1. The first-order valence-corrected chi connectivity index (χ1v) is 8.26. The van der Waals surface area contributed by atoms with E-state index in [1.165, 1.54) is 12.1 Å². The monoisotopic (exact) mass is 330 g/mol. The molecule has 1 aromatic heterocycles. The van der Waals surface area contributed by atoms with E-state index in [0.717, 1.165) is 42.9 Å². The van der Waals surface area contributed by atoms with Crippen molar-refractivity contribution in [2.45, 2.75) is 38.9 Å². The lowest BCUT2D eigenvalue weighted by molar-refractivity contribution is -0.00882. The first kappa shape index (κ1) is 15.4. The van der Waals surface area contributed by atoms with Crippen molar-refractivity contribution in [1.82, 2.24) is 14.9 Å². The normalized spacial score (nSPS) is 23.2. The summed E-state index contributed by atoms with van der Waals surface area (Å²) in [6.07, 6.45) is 1.14. The fourth-order valence-electron chi connectivity index (χ4n) is 3.90. The van der Waals surface area contributed by atoms with Crippen LogP contribution in [-0.2, 0) is 6.54 Å². The second kappa shape index (κ2) is 5.77. The smallest absolute Gasteiger partial charge is 0.132 e. The van der Waals surface area contributed by atoms with E-state index >= 15 is 0 Å². The van der Waals surface area contributed by atoms with Gasteiger partial charge in [-0.2, -0.15) is 0 Å². The molecule has 0 saturated carbocycles. The number of nitrogens with zero attached hydrogens (tertiary/aromatic N) is 4. The zero-order valence-corrected chi connectivity index (χ0v) is 13.8. The Balaban J connectivity index is 1.46. The number of halogens is 2. The molecule has 0 spiro atoms. The number of hydrogen-bond acceptors (Lipinski definition) is 4. The maximum absolute atomic E-state index is 13.4. The molecule has 2 aromatic rings. The van der Waals surface area contributed by atoms with E-state index in [0.29, 0.717) is 24.2 Å². The third kappa shape index (κ3) is 2.86. The summed E-state index contributed by atoms with van der Waals surface area (Å²) in [7, 11) is 0. The van der Waals surface area contributed by atoms with Gasteiger partial charge in [0.05, 0.1) is 0 Å². The topological polar surface area (TPSA) is 32.3 Å². The van der Waals surface area contributed by atoms with Crippen molar-refractivity contribution >= 4 is 5.82 Å². The van der Waals surface area contributed by atoms with Crippen LogP contribution < -0.4 is 4.90 Å². The molecule has 3 aliphatic rings. The molecule has 3 fully saturated rings. The minimum absolute atomic E-state index is 0.408. The van der Waals surface area contributed by atoms with E-state index in [9.17, 15) is 8.78 Å². The second-order valence-corrected chi connectivity index (χ2v) is 6.81. The van der Waals surface area contributed by atoms with Crippen LogP contribution in [0.5, 0.6) is 0 Å². The highest BCUT2D eigenvalue weighted by Crippen LogP contribution is 2.35. The SMILES string of the molecule is Cc1cc(N2CC3CC(C2)N3Cc2cc(F)cc(F)c2)nc(C)n1. The molecule has 2 atom stereocenters. The van der Waals surface area contributed by atoms with Crippen molar-refractivity contribution in [3.8, 4) is 0 Å². The highest BCUT2D eigenvalue weighted by Gasteiger charge is 2.44. The fraction of sp³-hybridized carbons (Fsp3) is 0.444. The molecule has 126 valence electrons. The number of piperazine rings is 1. The number of anilines is 1. The van der Waals surface area contributed by atoms with Gasteiger partial charge in [-0.25, -0.2) is 18.7 Å². The van der Waals surface area contributed by atoms with Crippen LogP contribution in [0.15, 0.2) is 24.3 Å². The first-order valence-electron chi connectivity index (χ1n) is 8.26. The molecule has 4 heterocycles. The molecule has 5 rings (SSSR count). The number of rotatable bonds is 3. The average Bonchev–Trinajstić information content (AvgIpc) is 2.51. The van der Waals surface area contributed by atoms with E-state index < -0.39 is 11.6 Å². The van der Waals surface area contributed by atoms with Gasteiger partial charge in [0.1, 0.15) is 23.3 Å². The number of fused-ring (bicyclic) bond motifs is 2. The van der Waals surface area contributed by atoms with E-state index in [1.807, 2.05) is 19.9 Å². The lowest BCUT2D eigenvalue weighted by atomic mass is 9.86. The number of benzene rings is 1. The summed E-state index contributed by atoms with van der Waals surface area (Å²) in [4.78, 5) is 13.5. The summed E-state index contributed by atoms with van der Waals surface area (Å²) < 4.78 is 26.7. The number of aryl methyl sites for hydroxylation is 2. The fourth-order valence-corrected chi connectivity index (χ4v) is 3.90. The predicted molar refractivity (Wildman–Crippen MR) is 87.8 cm³/mol. The number of hydrogen-bond donors (Lipinski definition) is 0. The van der Waals surface area contributed by atoms with Gasteiger partial charge >= 0.3 is 0 Å². The Hall–Kier alpha value is -2.08. The van der Waals surface area contributed by atoms with Gasteiger partial charge in [-0.15, -0.1) is 0 Å². The van der Waals surface area contributed by atoms with E-state index in [2.05, 4.69) is 19.8 Å². The van der Waals surface area contributed by atoms with Crippen molar-refractivity contribution in [2.75, 3.05) is 18.0 Å². The van der Waals surface area contributed by atoms with Gasteiger partial charge in [0.25, 0.3) is 0 Å². The van der Waals surface area contributed by atoms with E-state index in [1.54, 1.807) is 0 Å². The Labute approximate surface area is 140 Å². The number of aromatic nitrogens is 2. The third-order valence-electron chi connectivity index (χ3n) is 4.91. The Morgan fingerprint density at radius 1 is 1.00 bits per heavy atom. The van der Waals surface area contributed by atoms with Crippen LogP contribution in [0, 0.1) is 25.5 Å². The summed E-state index contributed by atoms with van der Waals surface area (Å²) in [5.41, 5.74) is 1.67.